The largest absolute Gasteiger partial charge is 0.440 e. The van der Waals surface area contributed by atoms with Crippen molar-refractivity contribution in [3.8, 4) is 32.8 Å². The molecule has 0 unspecified atom stereocenters. The number of benzene rings is 3. The van der Waals surface area contributed by atoms with Crippen LogP contribution in [0.4, 0.5) is 23.1 Å². The van der Waals surface area contributed by atoms with Crippen LogP contribution < -0.4 is 15.8 Å². The van der Waals surface area contributed by atoms with Gasteiger partial charge in [-0.3, -0.25) is 9.69 Å². The second kappa shape index (κ2) is 17.2. The molecule has 0 aliphatic rings. The molecule has 0 amide bonds. The number of aliphatic hydroxyl groups excluding tert-OH is 1. The van der Waals surface area contributed by atoms with Crippen LogP contribution in [0.15, 0.2) is 129 Å². The molecule has 282 valence electrons. The Hall–Kier alpha value is -5.60. The van der Waals surface area contributed by atoms with E-state index in [9.17, 15) is 14.1 Å². The van der Waals surface area contributed by atoms with Crippen LogP contribution >= 0.6 is 11.3 Å². The van der Waals surface area contributed by atoms with Crippen LogP contribution in [0.1, 0.15) is 20.8 Å². The van der Waals surface area contributed by atoms with E-state index >= 15 is 0 Å². The third-order valence-corrected chi connectivity index (χ3v) is 11.4. The molecule has 0 aliphatic heterocycles. The molecule has 0 saturated carbocycles. The molecule has 3 aromatic carbocycles. The standard InChI is InChI=1S/C42H43N8O3S2/c1-4-49(5-2)21-20-45-55(53)34-18-16-33(17-19-34)50(42-44-26-36(39-11-8-22-54-39)40(48-42)46-28(3)27-51)32-14-12-29(13-15-32)31-23-35(41(52)43-25-31)38-24-30-9-6-7-10-37(30)47-38/h6-19,22-26,28,47,51H,4-5,20-21,27H2,1-3H3,(H,43,52)(H,44,46,48)/q-1/t28-/m1/s1. The summed E-state index contributed by atoms with van der Waals surface area (Å²) in [7, 11) is -1.50. The van der Waals surface area contributed by atoms with E-state index in [1.54, 1.807) is 23.7 Å². The van der Waals surface area contributed by atoms with Gasteiger partial charge in [-0.05, 0) is 85.1 Å². The number of nitrogens with one attached hydrogen (secondary N) is 3. The number of hydrogen-bond acceptors (Lipinski definition) is 11. The minimum Gasteiger partial charge on any atom is -0.440 e. The molecule has 0 aliphatic carbocycles. The normalized spacial score (nSPS) is 12.7. The van der Waals surface area contributed by atoms with E-state index in [2.05, 4.69) is 38.4 Å². The van der Waals surface area contributed by atoms with Crippen LogP contribution in [-0.2, 0) is 14.8 Å². The average Bonchev–Trinajstić information content (AvgIpc) is 3.92. The molecular weight excluding hydrogens is 729 g/mol. The quantitative estimate of drug-likeness (QED) is 0.0758. The number of hydrogen-bond donors (Lipinski definition) is 4. The second-order valence-corrected chi connectivity index (χ2v) is 15.2. The van der Waals surface area contributed by atoms with Crippen LogP contribution in [0.25, 0.3) is 43.7 Å². The van der Waals surface area contributed by atoms with Crippen LogP contribution in [0, 0.1) is 0 Å². The van der Waals surface area contributed by atoms with Crippen molar-refractivity contribution in [1.82, 2.24) is 24.8 Å². The SMILES string of the molecule is CCN(CC)CCN=[S-](=O)c1ccc(N(c2ccc(-c3c[nH]c(=O)c(-c4cc5ccccc5[nH]4)c3)cc2)c2ncc(-c3cccs3)c(N[C@H](C)CO)n2)cc1. The Morgan fingerprint density at radius 2 is 1.67 bits per heavy atom. The number of anilines is 4. The molecule has 1 atom stereocenters. The molecule has 0 fully saturated rings. The molecular formula is C42H43N8O3S2-. The van der Waals surface area contributed by atoms with E-state index in [1.807, 2.05) is 114 Å². The minimum atomic E-state index is -1.50. The predicted molar refractivity (Wildman–Crippen MR) is 225 cm³/mol. The predicted octanol–water partition coefficient (Wildman–Crippen LogP) is 8.82. The zero-order chi connectivity index (χ0) is 38.3. The van der Waals surface area contributed by atoms with E-state index in [1.165, 1.54) is 0 Å². The number of para-hydroxylation sites is 1. The monoisotopic (exact) mass is 771 g/mol. The molecule has 55 heavy (non-hydrogen) atoms. The number of fused-ring (bicyclic) bond motifs is 1. The van der Waals surface area contributed by atoms with E-state index in [0.717, 1.165) is 69.2 Å². The molecule has 7 aromatic rings. The number of likely N-dealkylation sites (N-methyl/N-ethyl adjacent to an activating group) is 1. The molecule has 11 nitrogen and oxygen atoms in total. The summed E-state index contributed by atoms with van der Waals surface area (Å²) < 4.78 is 17.6. The first-order chi connectivity index (χ1) is 26.8. The van der Waals surface area contributed by atoms with Crippen molar-refractivity contribution in [1.29, 1.82) is 0 Å². The van der Waals surface area contributed by atoms with Gasteiger partial charge in [0.05, 0.1) is 23.4 Å². The molecule has 0 saturated heterocycles. The van der Waals surface area contributed by atoms with Gasteiger partial charge in [-0.15, -0.1) is 11.3 Å². The third-order valence-electron chi connectivity index (χ3n) is 9.42. The van der Waals surface area contributed by atoms with Crippen molar-refractivity contribution in [2.45, 2.75) is 31.7 Å². The lowest BCUT2D eigenvalue weighted by atomic mass is 10.0. The first-order valence-electron chi connectivity index (χ1n) is 18.3. The highest BCUT2D eigenvalue weighted by atomic mass is 32.2. The lowest BCUT2D eigenvalue weighted by molar-refractivity contribution is 0.281. The maximum absolute atomic E-state index is 13.1. The molecule has 4 N–H and O–H groups in total. The van der Waals surface area contributed by atoms with Crippen LogP contribution in [-0.4, -0.2) is 68.8 Å². The van der Waals surface area contributed by atoms with Gasteiger partial charge in [0.2, 0.25) is 5.95 Å². The van der Waals surface area contributed by atoms with Gasteiger partial charge >= 0.3 is 0 Å². The van der Waals surface area contributed by atoms with E-state index < -0.39 is 10.6 Å². The first kappa shape index (κ1) is 37.7. The van der Waals surface area contributed by atoms with Crippen molar-refractivity contribution >= 4 is 56.0 Å². The summed E-state index contributed by atoms with van der Waals surface area (Å²) in [6.45, 7) is 9.13. The Labute approximate surface area is 326 Å². The fourth-order valence-corrected chi connectivity index (χ4v) is 7.83. The van der Waals surface area contributed by atoms with Gasteiger partial charge in [-0.1, -0.05) is 67.3 Å². The van der Waals surface area contributed by atoms with Crippen LogP contribution in [0.5, 0.6) is 0 Å². The summed E-state index contributed by atoms with van der Waals surface area (Å²) in [4.78, 5) is 34.9. The first-order valence-corrected chi connectivity index (χ1v) is 20.2. The van der Waals surface area contributed by atoms with Crippen molar-refractivity contribution in [3.63, 3.8) is 0 Å². The molecule has 4 heterocycles. The van der Waals surface area contributed by atoms with E-state index in [4.69, 9.17) is 9.97 Å². The van der Waals surface area contributed by atoms with Gasteiger partial charge in [-0.25, -0.2) is 4.98 Å². The number of aromatic nitrogens is 4. The molecule has 4 aromatic heterocycles. The summed E-state index contributed by atoms with van der Waals surface area (Å²) >= 11 is 1.59. The summed E-state index contributed by atoms with van der Waals surface area (Å²) in [5.41, 5.74) is 6.21. The number of aliphatic hydroxyl groups is 1. The highest BCUT2D eigenvalue weighted by Gasteiger charge is 2.20. The zero-order valence-corrected chi connectivity index (χ0v) is 32.5. The van der Waals surface area contributed by atoms with Gasteiger partial charge in [-0.2, -0.15) is 15.6 Å². The Balaban J connectivity index is 1.25. The summed E-state index contributed by atoms with van der Waals surface area (Å²) in [6, 6.07) is 31.0. The van der Waals surface area contributed by atoms with Gasteiger partial charge in [0.1, 0.15) is 5.82 Å². The highest BCUT2D eigenvalue weighted by Crippen LogP contribution is 2.37. The molecule has 0 bridgehead atoms. The topological polar surface area (TPSA) is 143 Å². The van der Waals surface area contributed by atoms with Gasteiger partial charge in [0.25, 0.3) is 5.56 Å². The minimum absolute atomic E-state index is 0.0697. The van der Waals surface area contributed by atoms with Crippen molar-refractivity contribution < 1.29 is 9.32 Å². The number of rotatable bonds is 15. The maximum Gasteiger partial charge on any atom is 0.257 e. The average molecular weight is 772 g/mol. The van der Waals surface area contributed by atoms with E-state index in [0.29, 0.717) is 28.8 Å². The number of thiophene rings is 1. The van der Waals surface area contributed by atoms with Crippen molar-refractivity contribution in [2.24, 2.45) is 4.36 Å². The Kier molecular flexibility index (Phi) is 11.8. The number of H-pyrrole nitrogens is 2. The fourth-order valence-electron chi connectivity index (χ4n) is 6.32. The lowest BCUT2D eigenvalue weighted by Gasteiger charge is -2.25. The Morgan fingerprint density at radius 1 is 0.927 bits per heavy atom. The number of pyridine rings is 1. The second-order valence-electron chi connectivity index (χ2n) is 13.0. The van der Waals surface area contributed by atoms with E-state index in [-0.39, 0.29) is 18.2 Å². The summed E-state index contributed by atoms with van der Waals surface area (Å²) in [6.07, 6.45) is 3.52. The summed E-state index contributed by atoms with van der Waals surface area (Å²) in [5.74, 6) is 1.00. The van der Waals surface area contributed by atoms with Crippen LogP contribution in [0.3, 0.4) is 0 Å². The maximum atomic E-state index is 13.1. The van der Waals surface area contributed by atoms with Crippen molar-refractivity contribution in [2.75, 3.05) is 43.0 Å². The van der Waals surface area contributed by atoms with Crippen LogP contribution in [0.2, 0.25) is 0 Å². The lowest BCUT2D eigenvalue weighted by Crippen LogP contribution is -2.25. The number of nitrogens with zero attached hydrogens (tertiary/aromatic N) is 5. The molecule has 0 radical (unpaired) electrons. The Bertz CT molecular complexity index is 2470. The molecule has 13 heteroatoms. The fraction of sp³-hybridized carbons (Fsp3) is 0.214. The molecule has 0 spiro atoms. The zero-order valence-electron chi connectivity index (χ0n) is 30.9. The number of aromatic amines is 2. The van der Waals surface area contributed by atoms with Gasteiger partial charge in [0, 0.05) is 58.7 Å². The van der Waals surface area contributed by atoms with Crippen molar-refractivity contribution in [3.05, 3.63) is 125 Å². The smallest absolute Gasteiger partial charge is 0.257 e. The van der Waals surface area contributed by atoms with Gasteiger partial charge < -0.3 is 33.9 Å². The summed E-state index contributed by atoms with van der Waals surface area (Å²) in [5, 5.41) is 16.3. The highest BCUT2D eigenvalue weighted by molar-refractivity contribution is 7.74. The Morgan fingerprint density at radius 3 is 2.36 bits per heavy atom. The van der Waals surface area contributed by atoms with Gasteiger partial charge in [0.15, 0.2) is 0 Å². The molecule has 7 rings (SSSR count). The third kappa shape index (κ3) is 8.55.